The molecule has 94 valence electrons. The molecule has 0 saturated carbocycles. The number of nitrogens with one attached hydrogen (secondary N) is 2. The summed E-state index contributed by atoms with van der Waals surface area (Å²) in [7, 11) is 0. The Hall–Kier alpha value is -1.57. The summed E-state index contributed by atoms with van der Waals surface area (Å²) in [5, 5.41) is 10.6. The number of allylic oxidation sites excluding steroid dienone is 5. The van der Waals surface area contributed by atoms with Crippen molar-refractivity contribution in [2.45, 2.75) is 33.6 Å². The van der Waals surface area contributed by atoms with E-state index >= 15 is 0 Å². The minimum atomic E-state index is 0.773. The Morgan fingerprint density at radius 2 is 2.12 bits per heavy atom. The van der Waals surface area contributed by atoms with Crippen molar-refractivity contribution in [3.63, 3.8) is 0 Å². The van der Waals surface area contributed by atoms with E-state index in [2.05, 4.69) is 31.0 Å². The molecular weight excluding hydrogens is 208 g/mol. The van der Waals surface area contributed by atoms with Gasteiger partial charge in [-0.3, -0.25) is 0 Å². The molecule has 17 heavy (non-hydrogen) atoms. The summed E-state index contributed by atoms with van der Waals surface area (Å²) < 4.78 is 0. The maximum absolute atomic E-state index is 7.24. The van der Waals surface area contributed by atoms with Crippen molar-refractivity contribution in [1.29, 1.82) is 5.41 Å². The van der Waals surface area contributed by atoms with Gasteiger partial charge in [-0.2, -0.15) is 0 Å². The second-order valence-electron chi connectivity index (χ2n) is 3.80. The lowest BCUT2D eigenvalue weighted by Gasteiger charge is -2.11. The van der Waals surface area contributed by atoms with E-state index in [1.807, 2.05) is 26.0 Å². The Bertz CT molecular complexity index is 333. The highest BCUT2D eigenvalue weighted by atomic mass is 14.9. The third-order valence-electron chi connectivity index (χ3n) is 2.57. The van der Waals surface area contributed by atoms with Gasteiger partial charge in [0.25, 0.3) is 0 Å². The Morgan fingerprint density at radius 3 is 2.59 bits per heavy atom. The summed E-state index contributed by atoms with van der Waals surface area (Å²) in [6, 6.07) is 0. The maximum atomic E-state index is 7.24. The fourth-order valence-electron chi connectivity index (χ4n) is 1.42. The molecule has 0 aliphatic heterocycles. The van der Waals surface area contributed by atoms with Crippen molar-refractivity contribution >= 4 is 6.21 Å². The molecule has 0 aromatic heterocycles. The van der Waals surface area contributed by atoms with Crippen LogP contribution in [0.5, 0.6) is 0 Å². The summed E-state index contributed by atoms with van der Waals surface area (Å²) >= 11 is 0. The van der Waals surface area contributed by atoms with Gasteiger partial charge in [-0.25, -0.2) is 0 Å². The standard InChI is InChI=1S/C15H24N2/c1-5-8-9-10-14(6-2)12-17-15(7-3)13(4)11-16/h5-6,8,10-11,16-17H,2,7,9,12H2,1,3-4H3/b8-5+,14-10+,15-13+,16-11?. The molecule has 0 aliphatic carbocycles. The zero-order valence-corrected chi connectivity index (χ0v) is 11.2. The van der Waals surface area contributed by atoms with Gasteiger partial charge in [0.15, 0.2) is 0 Å². The SMILES string of the molecule is C=C/C(=C\C/C=C/C)CN/C(CC)=C(\C)C=N. The molecule has 0 saturated heterocycles. The van der Waals surface area contributed by atoms with Gasteiger partial charge in [-0.15, -0.1) is 0 Å². The summed E-state index contributed by atoms with van der Waals surface area (Å²) in [5.74, 6) is 0. The van der Waals surface area contributed by atoms with Crippen molar-refractivity contribution in [1.82, 2.24) is 5.32 Å². The lowest BCUT2D eigenvalue weighted by molar-refractivity contribution is 0.818. The Balaban J connectivity index is 4.45. The zero-order valence-electron chi connectivity index (χ0n) is 11.2. The third kappa shape index (κ3) is 6.56. The molecule has 0 aromatic rings. The summed E-state index contributed by atoms with van der Waals surface area (Å²) in [6.45, 7) is 10.7. The fraction of sp³-hybridized carbons (Fsp3) is 0.400. The van der Waals surface area contributed by atoms with E-state index in [1.165, 1.54) is 11.8 Å². The average Bonchev–Trinajstić information content (AvgIpc) is 2.36. The van der Waals surface area contributed by atoms with Crippen LogP contribution in [0.15, 0.2) is 47.7 Å². The molecule has 0 atom stereocenters. The van der Waals surface area contributed by atoms with Crippen molar-refractivity contribution in [2.75, 3.05) is 6.54 Å². The van der Waals surface area contributed by atoms with Gasteiger partial charge in [0.2, 0.25) is 0 Å². The molecule has 0 amide bonds. The lowest BCUT2D eigenvalue weighted by atomic mass is 10.1. The van der Waals surface area contributed by atoms with Gasteiger partial charge in [0.1, 0.15) is 0 Å². The number of hydrogen-bond donors (Lipinski definition) is 2. The van der Waals surface area contributed by atoms with Gasteiger partial charge in [0, 0.05) is 18.5 Å². The molecule has 2 nitrogen and oxygen atoms in total. The lowest BCUT2D eigenvalue weighted by Crippen LogP contribution is -2.17. The van der Waals surface area contributed by atoms with E-state index in [0.717, 1.165) is 30.7 Å². The molecule has 0 rings (SSSR count). The third-order valence-corrected chi connectivity index (χ3v) is 2.57. The highest BCUT2D eigenvalue weighted by molar-refractivity contribution is 5.75. The summed E-state index contributed by atoms with van der Waals surface area (Å²) in [6.07, 6.45) is 11.4. The van der Waals surface area contributed by atoms with Crippen LogP contribution in [0.25, 0.3) is 0 Å². The molecule has 0 bridgehead atoms. The molecule has 0 spiro atoms. The average molecular weight is 232 g/mol. The van der Waals surface area contributed by atoms with Crippen molar-refractivity contribution < 1.29 is 0 Å². The van der Waals surface area contributed by atoms with E-state index in [9.17, 15) is 0 Å². The molecule has 0 radical (unpaired) electrons. The Kier molecular flexibility index (Phi) is 8.75. The Morgan fingerprint density at radius 1 is 1.41 bits per heavy atom. The second kappa shape index (κ2) is 9.64. The Labute approximate surface area is 105 Å². The number of rotatable bonds is 8. The van der Waals surface area contributed by atoms with E-state index < -0.39 is 0 Å². The van der Waals surface area contributed by atoms with Gasteiger partial charge >= 0.3 is 0 Å². The topological polar surface area (TPSA) is 35.9 Å². The summed E-state index contributed by atoms with van der Waals surface area (Å²) in [5.41, 5.74) is 3.30. The molecule has 2 N–H and O–H groups in total. The molecular formula is C15H24N2. The van der Waals surface area contributed by atoms with Gasteiger partial charge in [0.05, 0.1) is 0 Å². The normalized spacial score (nSPS) is 13.5. The van der Waals surface area contributed by atoms with E-state index in [0.29, 0.717) is 0 Å². The first-order chi connectivity index (χ1) is 8.19. The quantitative estimate of drug-likeness (QED) is 0.370. The first-order valence-electron chi connectivity index (χ1n) is 6.06. The fourth-order valence-corrected chi connectivity index (χ4v) is 1.42. The molecule has 0 heterocycles. The van der Waals surface area contributed by atoms with Crippen molar-refractivity contribution in [3.8, 4) is 0 Å². The van der Waals surface area contributed by atoms with E-state index in [1.54, 1.807) is 0 Å². The maximum Gasteiger partial charge on any atom is 0.0394 e. The van der Waals surface area contributed by atoms with Crippen LogP contribution >= 0.6 is 0 Å². The zero-order chi connectivity index (χ0) is 13.1. The van der Waals surface area contributed by atoms with Crippen LogP contribution in [0.3, 0.4) is 0 Å². The van der Waals surface area contributed by atoms with Crippen LogP contribution in [-0.2, 0) is 0 Å². The van der Waals surface area contributed by atoms with E-state index in [-0.39, 0.29) is 0 Å². The minimum absolute atomic E-state index is 0.773. The molecule has 0 aliphatic rings. The first kappa shape index (κ1) is 15.4. The van der Waals surface area contributed by atoms with Crippen molar-refractivity contribution in [2.24, 2.45) is 0 Å². The van der Waals surface area contributed by atoms with E-state index in [4.69, 9.17) is 5.41 Å². The molecule has 0 unspecified atom stereocenters. The summed E-state index contributed by atoms with van der Waals surface area (Å²) in [4.78, 5) is 0. The first-order valence-corrected chi connectivity index (χ1v) is 6.06. The molecule has 0 fully saturated rings. The van der Waals surface area contributed by atoms with Crippen LogP contribution < -0.4 is 5.32 Å². The largest absolute Gasteiger partial charge is 0.384 e. The highest BCUT2D eigenvalue weighted by Gasteiger charge is 1.98. The highest BCUT2D eigenvalue weighted by Crippen LogP contribution is 2.05. The predicted octanol–water partition coefficient (Wildman–Crippen LogP) is 3.99. The van der Waals surface area contributed by atoms with Gasteiger partial charge < -0.3 is 10.7 Å². The smallest absolute Gasteiger partial charge is 0.0394 e. The van der Waals surface area contributed by atoms with Crippen LogP contribution in [0.1, 0.15) is 33.6 Å². The van der Waals surface area contributed by atoms with Crippen molar-refractivity contribution in [3.05, 3.63) is 47.7 Å². The van der Waals surface area contributed by atoms with Gasteiger partial charge in [-0.1, -0.05) is 37.8 Å². The predicted molar refractivity (Wildman–Crippen MR) is 77.5 cm³/mol. The minimum Gasteiger partial charge on any atom is -0.384 e. The van der Waals surface area contributed by atoms with Crippen LogP contribution in [0.2, 0.25) is 0 Å². The number of hydrogen-bond acceptors (Lipinski definition) is 2. The van der Waals surface area contributed by atoms with Crippen LogP contribution in [-0.4, -0.2) is 12.8 Å². The van der Waals surface area contributed by atoms with Crippen LogP contribution in [0, 0.1) is 5.41 Å². The molecule has 0 aromatic carbocycles. The monoisotopic (exact) mass is 232 g/mol. The molecule has 2 heteroatoms. The van der Waals surface area contributed by atoms with Crippen LogP contribution in [0.4, 0.5) is 0 Å². The second-order valence-corrected chi connectivity index (χ2v) is 3.80. The van der Waals surface area contributed by atoms with Gasteiger partial charge in [-0.05, 0) is 37.8 Å².